The summed E-state index contributed by atoms with van der Waals surface area (Å²) in [5.41, 5.74) is 1.80. The van der Waals surface area contributed by atoms with Crippen LogP contribution in [-0.2, 0) is 15.4 Å². The van der Waals surface area contributed by atoms with Crippen molar-refractivity contribution in [2.24, 2.45) is 0 Å². The van der Waals surface area contributed by atoms with E-state index in [-0.39, 0.29) is 5.69 Å². The summed E-state index contributed by atoms with van der Waals surface area (Å²) in [6.07, 6.45) is -4.75. The van der Waals surface area contributed by atoms with Crippen LogP contribution in [0, 0.1) is 6.92 Å². The molecule has 0 unspecified atom stereocenters. The Labute approximate surface area is 118 Å². The first-order valence-electron chi connectivity index (χ1n) is 5.25. The fourth-order valence-electron chi connectivity index (χ4n) is 1.56. The average Bonchev–Trinajstić information content (AvgIpc) is 2.23. The van der Waals surface area contributed by atoms with Gasteiger partial charge in [-0.25, -0.2) is 8.42 Å². The van der Waals surface area contributed by atoms with Gasteiger partial charge in [-0.1, -0.05) is 22.0 Å². The lowest BCUT2D eigenvalue weighted by Crippen LogP contribution is -2.35. The number of rotatable bonds is 4. The second-order valence-corrected chi connectivity index (χ2v) is 6.71. The van der Waals surface area contributed by atoms with Gasteiger partial charge in [0.15, 0.2) is 5.75 Å². The van der Waals surface area contributed by atoms with Gasteiger partial charge in [0, 0.05) is 12.4 Å². The van der Waals surface area contributed by atoms with Crippen LogP contribution in [0.3, 0.4) is 0 Å². The molecule has 0 radical (unpaired) electrons. The normalized spacial score (nSPS) is 12.5. The average molecular weight is 360 g/mol. The Morgan fingerprint density at radius 3 is 2.32 bits per heavy atom. The maximum Gasteiger partial charge on any atom is 0.404 e. The molecule has 1 aromatic carbocycles. The number of anilines is 1. The standard InChI is InChI=1S/C11H13BrF3NO2S/c1-8-3-9(6-12)5-10(4-8)16(2)19(17,18)7-11(13,14)15/h3-5H,6-7H2,1-2H3. The van der Waals surface area contributed by atoms with Gasteiger partial charge in [0.1, 0.15) is 0 Å². The fraction of sp³-hybridized carbons (Fsp3) is 0.455. The van der Waals surface area contributed by atoms with Crippen molar-refractivity contribution in [1.82, 2.24) is 0 Å². The van der Waals surface area contributed by atoms with E-state index in [2.05, 4.69) is 15.9 Å². The molecule has 0 atom stereocenters. The maximum absolute atomic E-state index is 12.2. The van der Waals surface area contributed by atoms with Gasteiger partial charge >= 0.3 is 6.18 Å². The highest BCUT2D eigenvalue weighted by Gasteiger charge is 2.37. The van der Waals surface area contributed by atoms with Crippen molar-refractivity contribution in [3.8, 4) is 0 Å². The molecule has 0 saturated heterocycles. The number of hydrogen-bond donors (Lipinski definition) is 0. The lowest BCUT2D eigenvalue weighted by molar-refractivity contribution is -0.106. The summed E-state index contributed by atoms with van der Waals surface area (Å²) < 4.78 is 60.7. The highest BCUT2D eigenvalue weighted by Crippen LogP contribution is 2.25. The molecule has 0 spiro atoms. The molecule has 0 bridgehead atoms. The van der Waals surface area contributed by atoms with Crippen LogP contribution in [0.5, 0.6) is 0 Å². The van der Waals surface area contributed by atoms with Crippen molar-refractivity contribution in [2.45, 2.75) is 18.4 Å². The van der Waals surface area contributed by atoms with Gasteiger partial charge in [-0.05, 0) is 30.2 Å². The van der Waals surface area contributed by atoms with Crippen LogP contribution >= 0.6 is 15.9 Å². The molecule has 0 heterocycles. The van der Waals surface area contributed by atoms with E-state index in [0.29, 0.717) is 9.64 Å². The quantitative estimate of drug-likeness (QED) is 0.774. The van der Waals surface area contributed by atoms with Gasteiger partial charge in [0.2, 0.25) is 10.0 Å². The Kier molecular flexibility index (Phi) is 4.89. The highest BCUT2D eigenvalue weighted by molar-refractivity contribution is 9.08. The number of alkyl halides is 4. The van der Waals surface area contributed by atoms with Crippen LogP contribution in [0.1, 0.15) is 11.1 Å². The molecule has 0 N–H and O–H groups in total. The zero-order chi connectivity index (χ0) is 14.8. The van der Waals surface area contributed by atoms with Crippen molar-refractivity contribution in [2.75, 3.05) is 17.1 Å². The minimum Gasteiger partial charge on any atom is -0.273 e. The first-order valence-corrected chi connectivity index (χ1v) is 7.98. The van der Waals surface area contributed by atoms with E-state index >= 15 is 0 Å². The van der Waals surface area contributed by atoms with Gasteiger partial charge in [-0.15, -0.1) is 0 Å². The molecule has 0 aliphatic rings. The third-order valence-electron chi connectivity index (χ3n) is 2.40. The predicted octanol–water partition coefficient (Wildman–Crippen LogP) is 3.22. The van der Waals surface area contributed by atoms with Crippen LogP contribution < -0.4 is 4.31 Å². The van der Waals surface area contributed by atoms with Crippen LogP contribution in [0.25, 0.3) is 0 Å². The zero-order valence-electron chi connectivity index (χ0n) is 10.3. The summed E-state index contributed by atoms with van der Waals surface area (Å²) in [5, 5.41) is 0.495. The first kappa shape index (κ1) is 16.3. The van der Waals surface area contributed by atoms with Crippen LogP contribution in [0.2, 0.25) is 0 Å². The summed E-state index contributed by atoms with van der Waals surface area (Å²) in [4.78, 5) is 0. The second kappa shape index (κ2) is 5.70. The van der Waals surface area contributed by atoms with Crippen molar-refractivity contribution in [1.29, 1.82) is 0 Å². The van der Waals surface area contributed by atoms with E-state index in [0.717, 1.165) is 18.2 Å². The Morgan fingerprint density at radius 2 is 1.84 bits per heavy atom. The first-order chi connectivity index (χ1) is 8.55. The molecule has 19 heavy (non-hydrogen) atoms. The number of aryl methyl sites for hydroxylation is 1. The molecule has 0 aromatic heterocycles. The number of nitrogens with zero attached hydrogens (tertiary/aromatic N) is 1. The summed E-state index contributed by atoms with van der Waals surface area (Å²) in [5.74, 6) is -1.87. The van der Waals surface area contributed by atoms with Gasteiger partial charge in [-0.2, -0.15) is 13.2 Å². The molecule has 0 saturated carbocycles. The van der Waals surface area contributed by atoms with Crippen LogP contribution in [0.4, 0.5) is 18.9 Å². The number of halogens is 4. The molecular formula is C11H13BrF3NO2S. The van der Waals surface area contributed by atoms with Crippen molar-refractivity contribution < 1.29 is 21.6 Å². The molecule has 0 aliphatic heterocycles. The van der Waals surface area contributed by atoms with E-state index in [1.54, 1.807) is 6.92 Å². The highest BCUT2D eigenvalue weighted by atomic mass is 79.9. The van der Waals surface area contributed by atoms with Gasteiger partial charge in [-0.3, -0.25) is 4.31 Å². The van der Waals surface area contributed by atoms with Crippen LogP contribution in [-0.4, -0.2) is 27.4 Å². The molecule has 0 amide bonds. The lowest BCUT2D eigenvalue weighted by atomic mass is 10.1. The zero-order valence-corrected chi connectivity index (χ0v) is 12.7. The smallest absolute Gasteiger partial charge is 0.273 e. The predicted molar refractivity (Wildman–Crippen MR) is 72.1 cm³/mol. The summed E-state index contributed by atoms with van der Waals surface area (Å²) in [6.45, 7) is 1.75. The van der Waals surface area contributed by atoms with E-state index in [1.807, 2.05) is 6.07 Å². The Balaban J connectivity index is 3.12. The fourth-order valence-corrected chi connectivity index (χ4v) is 2.92. The number of sulfonamides is 1. The summed E-state index contributed by atoms with van der Waals surface area (Å²) >= 11 is 3.23. The van der Waals surface area contributed by atoms with Gasteiger partial charge in [0.25, 0.3) is 0 Å². The summed E-state index contributed by atoms with van der Waals surface area (Å²) in [6, 6.07) is 4.89. The number of benzene rings is 1. The lowest BCUT2D eigenvalue weighted by Gasteiger charge is -2.21. The topological polar surface area (TPSA) is 37.4 Å². The van der Waals surface area contributed by atoms with E-state index < -0.39 is 22.0 Å². The minimum absolute atomic E-state index is 0.221. The Morgan fingerprint density at radius 1 is 1.26 bits per heavy atom. The molecule has 0 fully saturated rings. The molecule has 8 heteroatoms. The van der Waals surface area contributed by atoms with Gasteiger partial charge in [0.05, 0.1) is 5.69 Å². The molecule has 3 nitrogen and oxygen atoms in total. The Hall–Kier alpha value is -0.760. The maximum atomic E-state index is 12.2. The van der Waals surface area contributed by atoms with Crippen molar-refractivity contribution in [3.63, 3.8) is 0 Å². The van der Waals surface area contributed by atoms with Crippen molar-refractivity contribution >= 4 is 31.6 Å². The largest absolute Gasteiger partial charge is 0.404 e. The molecule has 1 aromatic rings. The SMILES string of the molecule is Cc1cc(CBr)cc(N(C)S(=O)(=O)CC(F)(F)F)c1. The molecule has 0 aliphatic carbocycles. The molecule has 1 rings (SSSR count). The van der Waals surface area contributed by atoms with Crippen LogP contribution in [0.15, 0.2) is 18.2 Å². The molecule has 108 valence electrons. The minimum atomic E-state index is -4.75. The monoisotopic (exact) mass is 359 g/mol. The van der Waals surface area contributed by atoms with E-state index in [1.165, 1.54) is 12.1 Å². The van der Waals surface area contributed by atoms with E-state index in [9.17, 15) is 21.6 Å². The third kappa shape index (κ3) is 4.68. The summed E-state index contributed by atoms with van der Waals surface area (Å²) in [7, 11) is -3.30. The van der Waals surface area contributed by atoms with Gasteiger partial charge < -0.3 is 0 Å². The van der Waals surface area contributed by atoms with Crippen molar-refractivity contribution in [3.05, 3.63) is 29.3 Å². The molecular weight excluding hydrogens is 347 g/mol. The second-order valence-electron chi connectivity index (χ2n) is 4.15. The third-order valence-corrected chi connectivity index (χ3v) is 4.79. The van der Waals surface area contributed by atoms with E-state index in [4.69, 9.17) is 0 Å². The Bertz CT molecular complexity index is 558. The number of hydrogen-bond acceptors (Lipinski definition) is 2.